The normalized spacial score (nSPS) is 10.6. The highest BCUT2D eigenvalue weighted by Gasteiger charge is 2.16. The van der Waals surface area contributed by atoms with Crippen molar-refractivity contribution in [3.8, 4) is 22.7 Å². The number of aromatic nitrogens is 4. The number of amides is 1. The van der Waals surface area contributed by atoms with Gasteiger partial charge in [-0.2, -0.15) is 4.98 Å². The molecule has 216 valence electrons. The second-order valence-corrected chi connectivity index (χ2v) is 9.30. The van der Waals surface area contributed by atoms with Crippen LogP contribution < -0.4 is 21.8 Å². The molecule has 11 nitrogen and oxygen atoms in total. The van der Waals surface area contributed by atoms with Crippen LogP contribution in [-0.4, -0.2) is 62.7 Å². The van der Waals surface area contributed by atoms with Crippen LogP contribution in [0.15, 0.2) is 83.9 Å². The molecule has 1 amide bonds. The van der Waals surface area contributed by atoms with E-state index in [0.29, 0.717) is 11.3 Å². The third-order valence-electron chi connectivity index (χ3n) is 6.60. The van der Waals surface area contributed by atoms with Gasteiger partial charge in [0.25, 0.3) is 11.5 Å². The Kier molecular flexibility index (Phi) is 9.46. The molecule has 0 unspecified atom stereocenters. The first-order valence-corrected chi connectivity index (χ1v) is 13.3. The van der Waals surface area contributed by atoms with E-state index in [4.69, 9.17) is 21.3 Å². The standard InChI is InChI=1S/C23H20N2O2.C8H13N5O2/c1-3-18-14-17-8-7-11-20(16-12-13-24-21(15-16)27-2)22(17)23(26)25(18)19-9-5-4-6-10-19;1-13(2-3-14)7(15)5-4-11-8(10)12-6(5)9/h4-15H,3H2,1-2H3;4,14H,2-3H2,1H3,(H4,9,10,11,12). The lowest BCUT2D eigenvalue weighted by atomic mass is 9.99. The number of hydrogen-bond acceptors (Lipinski definition) is 9. The summed E-state index contributed by atoms with van der Waals surface area (Å²) >= 11 is 0. The monoisotopic (exact) mass is 567 g/mol. The van der Waals surface area contributed by atoms with Crippen LogP contribution >= 0.6 is 0 Å². The van der Waals surface area contributed by atoms with Crippen molar-refractivity contribution in [1.29, 1.82) is 0 Å². The van der Waals surface area contributed by atoms with E-state index in [0.717, 1.165) is 34.3 Å². The molecule has 11 heteroatoms. The summed E-state index contributed by atoms with van der Waals surface area (Å²) in [5.74, 6) is 0.241. The van der Waals surface area contributed by atoms with Crippen molar-refractivity contribution in [2.75, 3.05) is 38.8 Å². The zero-order valence-corrected chi connectivity index (χ0v) is 23.7. The van der Waals surface area contributed by atoms with Gasteiger partial charge in [0.1, 0.15) is 11.4 Å². The van der Waals surface area contributed by atoms with Crippen LogP contribution in [0.25, 0.3) is 27.6 Å². The molecule has 42 heavy (non-hydrogen) atoms. The summed E-state index contributed by atoms with van der Waals surface area (Å²) in [6, 6.07) is 21.6. The summed E-state index contributed by atoms with van der Waals surface area (Å²) in [5, 5.41) is 10.3. The Morgan fingerprint density at radius 2 is 1.81 bits per heavy atom. The quantitative estimate of drug-likeness (QED) is 0.268. The molecule has 0 spiro atoms. The number of ether oxygens (including phenoxy) is 1. The van der Waals surface area contributed by atoms with Crippen LogP contribution in [0, 0.1) is 0 Å². The molecule has 0 atom stereocenters. The van der Waals surface area contributed by atoms with E-state index in [2.05, 4.69) is 27.9 Å². The zero-order valence-electron chi connectivity index (χ0n) is 23.7. The molecule has 0 bridgehead atoms. The maximum absolute atomic E-state index is 13.6. The number of nitrogens with zero attached hydrogens (tertiary/aromatic N) is 5. The molecule has 0 radical (unpaired) electrons. The lowest BCUT2D eigenvalue weighted by Crippen LogP contribution is -2.30. The molecule has 0 aliphatic carbocycles. The minimum atomic E-state index is -0.346. The number of aryl methyl sites for hydroxylation is 1. The number of carbonyl (C=O) groups is 1. The number of nitrogen functional groups attached to an aromatic ring is 2. The molecule has 5 aromatic rings. The van der Waals surface area contributed by atoms with Gasteiger partial charge in [0.2, 0.25) is 11.8 Å². The Labute approximate surface area is 243 Å². The van der Waals surface area contributed by atoms with Gasteiger partial charge in [-0.05, 0) is 47.2 Å². The highest BCUT2D eigenvalue weighted by molar-refractivity contribution is 5.98. The molecule has 0 aliphatic rings. The molecule has 0 fully saturated rings. The van der Waals surface area contributed by atoms with Gasteiger partial charge in [-0.1, -0.05) is 43.3 Å². The summed E-state index contributed by atoms with van der Waals surface area (Å²) in [5.41, 5.74) is 14.6. The highest BCUT2D eigenvalue weighted by Crippen LogP contribution is 2.29. The predicted octanol–water partition coefficient (Wildman–Crippen LogP) is 3.33. The molecule has 3 aromatic heterocycles. The smallest absolute Gasteiger partial charge is 0.263 e. The topological polar surface area (TPSA) is 162 Å². The van der Waals surface area contributed by atoms with Crippen molar-refractivity contribution < 1.29 is 14.6 Å². The third-order valence-corrected chi connectivity index (χ3v) is 6.60. The molecular formula is C31H33N7O4. The maximum Gasteiger partial charge on any atom is 0.263 e. The van der Waals surface area contributed by atoms with Crippen molar-refractivity contribution in [2.24, 2.45) is 0 Å². The Balaban J connectivity index is 0.000000230. The number of aliphatic hydroxyl groups excluding tert-OH is 1. The number of pyridine rings is 2. The van der Waals surface area contributed by atoms with E-state index in [1.165, 1.54) is 11.1 Å². The summed E-state index contributed by atoms with van der Waals surface area (Å²) in [6.07, 6.45) is 3.74. The number of rotatable bonds is 7. The van der Waals surface area contributed by atoms with Gasteiger partial charge in [0.15, 0.2) is 0 Å². The number of hydrogen-bond donors (Lipinski definition) is 3. The fourth-order valence-corrected chi connectivity index (χ4v) is 4.50. The fraction of sp³-hybridized carbons (Fsp3) is 0.194. The first-order chi connectivity index (χ1) is 20.3. The zero-order chi connectivity index (χ0) is 30.2. The maximum atomic E-state index is 13.6. The van der Waals surface area contributed by atoms with Crippen LogP contribution in [-0.2, 0) is 6.42 Å². The first-order valence-electron chi connectivity index (χ1n) is 13.3. The SMILES string of the molecule is CCc1cc2cccc(-c3ccnc(OC)c3)c2c(=O)n1-c1ccccc1.CN(CCO)C(=O)c1cnc(N)nc1N. The predicted molar refractivity (Wildman–Crippen MR) is 164 cm³/mol. The van der Waals surface area contributed by atoms with Gasteiger partial charge >= 0.3 is 0 Å². The highest BCUT2D eigenvalue weighted by atomic mass is 16.5. The molecule has 5 rings (SSSR count). The first kappa shape index (κ1) is 29.7. The van der Waals surface area contributed by atoms with Crippen molar-refractivity contribution >= 4 is 28.4 Å². The van der Waals surface area contributed by atoms with Crippen LogP contribution in [0.2, 0.25) is 0 Å². The van der Waals surface area contributed by atoms with E-state index in [1.807, 2.05) is 65.2 Å². The summed E-state index contributed by atoms with van der Waals surface area (Å²) in [6.45, 7) is 2.18. The number of benzene rings is 2. The average molecular weight is 568 g/mol. The minimum absolute atomic E-state index is 0.0121. The number of fused-ring (bicyclic) bond motifs is 1. The van der Waals surface area contributed by atoms with Crippen LogP contribution in [0.3, 0.4) is 0 Å². The third kappa shape index (κ3) is 6.37. The van der Waals surface area contributed by atoms with Gasteiger partial charge in [-0.15, -0.1) is 0 Å². The van der Waals surface area contributed by atoms with E-state index >= 15 is 0 Å². The Hall–Kier alpha value is -5.29. The number of carbonyl (C=O) groups excluding carboxylic acids is 1. The lowest BCUT2D eigenvalue weighted by molar-refractivity contribution is 0.0767. The van der Waals surface area contributed by atoms with E-state index in [1.54, 1.807) is 20.4 Å². The average Bonchev–Trinajstić information content (AvgIpc) is 3.01. The summed E-state index contributed by atoms with van der Waals surface area (Å²) in [7, 11) is 3.14. The Bertz CT molecular complexity index is 1760. The second-order valence-electron chi connectivity index (χ2n) is 9.30. The van der Waals surface area contributed by atoms with E-state index in [-0.39, 0.29) is 41.9 Å². The number of likely N-dealkylation sites (N-methyl/N-ethyl adjacent to an activating group) is 1. The fourth-order valence-electron chi connectivity index (χ4n) is 4.50. The summed E-state index contributed by atoms with van der Waals surface area (Å²) < 4.78 is 7.06. The van der Waals surface area contributed by atoms with Crippen LogP contribution in [0.5, 0.6) is 5.88 Å². The summed E-state index contributed by atoms with van der Waals surface area (Å²) in [4.78, 5) is 38.1. The number of methoxy groups -OCH3 is 1. The largest absolute Gasteiger partial charge is 0.481 e. The van der Waals surface area contributed by atoms with Gasteiger partial charge in [-0.25, -0.2) is 9.97 Å². The van der Waals surface area contributed by atoms with E-state index < -0.39 is 0 Å². The van der Waals surface area contributed by atoms with Crippen molar-refractivity contribution in [3.05, 3.63) is 101 Å². The van der Waals surface area contributed by atoms with E-state index in [9.17, 15) is 9.59 Å². The molecule has 2 aromatic carbocycles. The molecule has 5 N–H and O–H groups in total. The van der Waals surface area contributed by atoms with Gasteiger partial charge < -0.3 is 26.2 Å². The van der Waals surface area contributed by atoms with Crippen molar-refractivity contribution in [3.63, 3.8) is 0 Å². The number of nitrogens with two attached hydrogens (primary N) is 2. The van der Waals surface area contributed by atoms with Crippen LogP contribution in [0.1, 0.15) is 23.0 Å². The van der Waals surface area contributed by atoms with Gasteiger partial charge in [-0.3, -0.25) is 14.2 Å². The molecule has 0 saturated carbocycles. The van der Waals surface area contributed by atoms with Crippen molar-refractivity contribution in [2.45, 2.75) is 13.3 Å². The molecule has 0 saturated heterocycles. The minimum Gasteiger partial charge on any atom is -0.481 e. The molecular weight excluding hydrogens is 534 g/mol. The number of para-hydroxylation sites is 1. The Morgan fingerprint density at radius 3 is 2.48 bits per heavy atom. The van der Waals surface area contributed by atoms with Gasteiger partial charge in [0, 0.05) is 43.4 Å². The number of aliphatic hydroxyl groups is 1. The van der Waals surface area contributed by atoms with Gasteiger partial charge in [0.05, 0.1) is 19.1 Å². The number of anilines is 2. The molecule has 0 aliphatic heterocycles. The van der Waals surface area contributed by atoms with Crippen molar-refractivity contribution in [1.82, 2.24) is 24.4 Å². The second kappa shape index (κ2) is 13.4. The van der Waals surface area contributed by atoms with Crippen LogP contribution in [0.4, 0.5) is 11.8 Å². The molecule has 3 heterocycles. The Morgan fingerprint density at radius 1 is 1.05 bits per heavy atom. The lowest BCUT2D eigenvalue weighted by Gasteiger charge is -2.15.